The van der Waals surface area contributed by atoms with Gasteiger partial charge in [0.25, 0.3) is 0 Å². The molecule has 6 heteroatoms. The van der Waals surface area contributed by atoms with Crippen LogP contribution in [0.15, 0.2) is 24.3 Å². The summed E-state index contributed by atoms with van der Waals surface area (Å²) in [5.74, 6) is -0.0322. The van der Waals surface area contributed by atoms with Crippen LogP contribution in [-0.4, -0.2) is 29.4 Å². The number of amides is 1. The number of rotatable bonds is 4. The number of likely N-dealkylation sites (tertiary alicyclic amines) is 1. The molecule has 1 aromatic carbocycles. The molecule has 1 saturated carbocycles. The predicted molar refractivity (Wildman–Crippen MR) is 109 cm³/mol. The standard InChI is InChI=1S/C19H29N3O.2ClH/c20-19(11-3-4-12-19)18(23)21-17-9-7-16(8-10-17)15-22-13-5-1-2-6-14-22;;/h7-10H,1-6,11-15,20H2,(H,21,23);2*1H. The molecule has 1 amide bonds. The molecule has 1 heterocycles. The summed E-state index contributed by atoms with van der Waals surface area (Å²) in [6, 6.07) is 8.25. The molecular weight excluding hydrogens is 357 g/mol. The van der Waals surface area contributed by atoms with Gasteiger partial charge in [-0.25, -0.2) is 0 Å². The molecule has 3 N–H and O–H groups in total. The van der Waals surface area contributed by atoms with Crippen LogP contribution in [0.5, 0.6) is 0 Å². The lowest BCUT2D eigenvalue weighted by Crippen LogP contribution is -2.48. The van der Waals surface area contributed by atoms with E-state index in [0.29, 0.717) is 0 Å². The van der Waals surface area contributed by atoms with E-state index >= 15 is 0 Å². The molecule has 142 valence electrons. The number of hydrogen-bond acceptors (Lipinski definition) is 3. The van der Waals surface area contributed by atoms with Gasteiger partial charge < -0.3 is 11.1 Å². The third kappa shape index (κ3) is 6.14. The Hall–Kier alpha value is -0.810. The summed E-state index contributed by atoms with van der Waals surface area (Å²) in [5, 5.41) is 2.99. The van der Waals surface area contributed by atoms with Gasteiger partial charge in [-0.05, 0) is 56.5 Å². The Kier molecular flexibility index (Phi) is 9.22. The Balaban J connectivity index is 0.00000156. The van der Waals surface area contributed by atoms with Crippen LogP contribution < -0.4 is 11.1 Å². The molecule has 0 unspecified atom stereocenters. The van der Waals surface area contributed by atoms with E-state index in [9.17, 15) is 4.79 Å². The smallest absolute Gasteiger partial charge is 0.244 e. The maximum Gasteiger partial charge on any atom is 0.244 e. The molecule has 1 aliphatic heterocycles. The number of benzene rings is 1. The normalized spacial score (nSPS) is 20.0. The van der Waals surface area contributed by atoms with Crippen molar-refractivity contribution in [1.29, 1.82) is 0 Å². The van der Waals surface area contributed by atoms with Gasteiger partial charge in [0, 0.05) is 12.2 Å². The Morgan fingerprint density at radius 2 is 1.52 bits per heavy atom. The van der Waals surface area contributed by atoms with E-state index in [1.165, 1.54) is 44.3 Å². The van der Waals surface area contributed by atoms with Crippen molar-refractivity contribution in [2.75, 3.05) is 18.4 Å². The van der Waals surface area contributed by atoms with Gasteiger partial charge in [-0.15, -0.1) is 24.8 Å². The molecule has 0 spiro atoms. The predicted octanol–water partition coefficient (Wildman–Crippen LogP) is 4.12. The molecule has 0 radical (unpaired) electrons. The average Bonchev–Trinajstić information content (AvgIpc) is 2.85. The number of halogens is 2. The lowest BCUT2D eigenvalue weighted by atomic mass is 9.98. The SMILES string of the molecule is Cl.Cl.NC1(C(=O)Nc2ccc(CN3CCCCCC3)cc2)CCCC1. The lowest BCUT2D eigenvalue weighted by Gasteiger charge is -2.22. The minimum Gasteiger partial charge on any atom is -0.324 e. The minimum atomic E-state index is -0.662. The number of hydrogen-bond donors (Lipinski definition) is 2. The van der Waals surface area contributed by atoms with Crippen LogP contribution in [0.25, 0.3) is 0 Å². The lowest BCUT2D eigenvalue weighted by molar-refractivity contribution is -0.121. The van der Waals surface area contributed by atoms with E-state index in [0.717, 1.165) is 37.9 Å². The summed E-state index contributed by atoms with van der Waals surface area (Å²) in [4.78, 5) is 14.9. The first kappa shape index (κ1) is 22.2. The van der Waals surface area contributed by atoms with E-state index in [4.69, 9.17) is 5.73 Å². The third-order valence-electron chi connectivity index (χ3n) is 5.26. The Morgan fingerprint density at radius 1 is 0.960 bits per heavy atom. The van der Waals surface area contributed by atoms with E-state index in [1.807, 2.05) is 12.1 Å². The second-order valence-electron chi connectivity index (χ2n) is 7.20. The van der Waals surface area contributed by atoms with Gasteiger partial charge >= 0.3 is 0 Å². The van der Waals surface area contributed by atoms with Crippen LogP contribution in [0.2, 0.25) is 0 Å². The monoisotopic (exact) mass is 387 g/mol. The second kappa shape index (κ2) is 10.4. The highest BCUT2D eigenvalue weighted by Crippen LogP contribution is 2.28. The van der Waals surface area contributed by atoms with Crippen molar-refractivity contribution in [3.63, 3.8) is 0 Å². The van der Waals surface area contributed by atoms with Gasteiger partial charge in [-0.2, -0.15) is 0 Å². The maximum absolute atomic E-state index is 12.3. The molecule has 1 saturated heterocycles. The first-order valence-corrected chi connectivity index (χ1v) is 9.07. The minimum absolute atomic E-state index is 0. The quantitative estimate of drug-likeness (QED) is 0.816. The molecule has 3 rings (SSSR count). The maximum atomic E-state index is 12.3. The van der Waals surface area contributed by atoms with Crippen LogP contribution >= 0.6 is 24.8 Å². The van der Waals surface area contributed by atoms with Crippen LogP contribution in [-0.2, 0) is 11.3 Å². The van der Waals surface area contributed by atoms with Crippen LogP contribution in [0.3, 0.4) is 0 Å². The van der Waals surface area contributed by atoms with Crippen LogP contribution in [0, 0.1) is 0 Å². The van der Waals surface area contributed by atoms with E-state index in [1.54, 1.807) is 0 Å². The zero-order valence-corrected chi connectivity index (χ0v) is 16.5. The van der Waals surface area contributed by atoms with Crippen molar-refractivity contribution in [2.45, 2.75) is 63.5 Å². The summed E-state index contributed by atoms with van der Waals surface area (Å²) in [6.45, 7) is 3.41. The van der Waals surface area contributed by atoms with E-state index in [2.05, 4.69) is 22.3 Å². The summed E-state index contributed by atoms with van der Waals surface area (Å²) >= 11 is 0. The zero-order valence-electron chi connectivity index (χ0n) is 14.8. The highest BCUT2D eigenvalue weighted by atomic mass is 35.5. The van der Waals surface area contributed by atoms with Crippen molar-refractivity contribution in [3.8, 4) is 0 Å². The number of anilines is 1. The molecule has 1 aromatic rings. The number of nitrogens with one attached hydrogen (secondary N) is 1. The molecule has 2 fully saturated rings. The number of carbonyl (C=O) groups is 1. The van der Waals surface area contributed by atoms with E-state index < -0.39 is 5.54 Å². The third-order valence-corrected chi connectivity index (χ3v) is 5.26. The van der Waals surface area contributed by atoms with Gasteiger partial charge in [-0.1, -0.05) is 37.8 Å². The first-order valence-electron chi connectivity index (χ1n) is 9.07. The zero-order chi connectivity index (χ0) is 16.1. The summed E-state index contributed by atoms with van der Waals surface area (Å²) in [6.07, 6.45) is 9.05. The van der Waals surface area contributed by atoms with E-state index in [-0.39, 0.29) is 30.7 Å². The molecule has 25 heavy (non-hydrogen) atoms. The van der Waals surface area contributed by atoms with Crippen molar-refractivity contribution in [3.05, 3.63) is 29.8 Å². The Labute approximate surface area is 163 Å². The van der Waals surface area contributed by atoms with Crippen molar-refractivity contribution in [2.24, 2.45) is 5.73 Å². The van der Waals surface area contributed by atoms with Crippen molar-refractivity contribution in [1.82, 2.24) is 4.90 Å². The van der Waals surface area contributed by atoms with Crippen LogP contribution in [0.4, 0.5) is 5.69 Å². The highest BCUT2D eigenvalue weighted by molar-refractivity contribution is 5.98. The Morgan fingerprint density at radius 3 is 2.08 bits per heavy atom. The first-order chi connectivity index (χ1) is 11.2. The van der Waals surface area contributed by atoms with Crippen molar-refractivity contribution < 1.29 is 4.79 Å². The number of carbonyl (C=O) groups excluding carboxylic acids is 1. The van der Waals surface area contributed by atoms with Crippen LogP contribution in [0.1, 0.15) is 56.9 Å². The fraction of sp³-hybridized carbons (Fsp3) is 0.632. The van der Waals surface area contributed by atoms with Gasteiger partial charge in [0.2, 0.25) is 5.91 Å². The molecule has 1 aliphatic carbocycles. The van der Waals surface area contributed by atoms with Crippen molar-refractivity contribution >= 4 is 36.4 Å². The fourth-order valence-corrected chi connectivity index (χ4v) is 3.73. The molecule has 2 aliphatic rings. The van der Waals surface area contributed by atoms with Gasteiger partial charge in [0.05, 0.1) is 5.54 Å². The summed E-state index contributed by atoms with van der Waals surface area (Å²) < 4.78 is 0. The second-order valence-corrected chi connectivity index (χ2v) is 7.20. The summed E-state index contributed by atoms with van der Waals surface area (Å²) in [5.41, 5.74) is 7.70. The van der Waals surface area contributed by atoms with Gasteiger partial charge in [0.15, 0.2) is 0 Å². The average molecular weight is 388 g/mol. The number of nitrogens with two attached hydrogens (primary N) is 1. The molecular formula is C19H31Cl2N3O. The molecule has 4 nitrogen and oxygen atoms in total. The molecule has 0 bridgehead atoms. The topological polar surface area (TPSA) is 58.4 Å². The largest absolute Gasteiger partial charge is 0.324 e. The van der Waals surface area contributed by atoms with Gasteiger partial charge in [0.1, 0.15) is 0 Å². The molecule has 0 aromatic heterocycles. The van der Waals surface area contributed by atoms with Gasteiger partial charge in [-0.3, -0.25) is 9.69 Å². The summed E-state index contributed by atoms with van der Waals surface area (Å²) in [7, 11) is 0. The molecule has 0 atom stereocenters. The highest BCUT2D eigenvalue weighted by Gasteiger charge is 2.36. The number of nitrogens with zero attached hydrogens (tertiary/aromatic N) is 1. The Bertz CT molecular complexity index is 522. The fourth-order valence-electron chi connectivity index (χ4n) is 3.73.